The molecule has 24 heavy (non-hydrogen) atoms. The highest BCUT2D eigenvalue weighted by atomic mass is 16.6. The normalized spacial score (nSPS) is 11.6. The maximum Gasteiger partial charge on any atom is 0.326 e. The maximum atomic E-state index is 12.0. The maximum absolute atomic E-state index is 12.0. The average molecular weight is 337 g/mol. The monoisotopic (exact) mass is 337 g/mol. The Kier molecular flexibility index (Phi) is 6.84. The molecule has 0 heterocycles. The molecule has 1 rings (SSSR count). The van der Waals surface area contributed by atoms with Crippen LogP contribution in [-0.2, 0) is 9.59 Å². The number of amides is 2. The third-order valence-corrected chi connectivity index (χ3v) is 3.10. The molecule has 1 atom stereocenters. The summed E-state index contributed by atoms with van der Waals surface area (Å²) in [7, 11) is 0. The molecule has 1 aromatic rings. The van der Waals surface area contributed by atoms with Gasteiger partial charge in [0.05, 0.1) is 11.5 Å². The average Bonchev–Trinajstić information content (AvgIpc) is 2.51. The fourth-order valence-corrected chi connectivity index (χ4v) is 2.02. The van der Waals surface area contributed by atoms with Gasteiger partial charge in [-0.25, -0.2) is 4.79 Å². The van der Waals surface area contributed by atoms with Crippen LogP contribution in [0.3, 0.4) is 0 Å². The number of nitro benzene ring substituents is 1. The summed E-state index contributed by atoms with van der Waals surface area (Å²) in [5.74, 6) is -2.57. The molecular weight excluding hydrogens is 318 g/mol. The quantitative estimate of drug-likeness (QED) is 0.476. The second-order valence-electron chi connectivity index (χ2n) is 5.54. The van der Waals surface area contributed by atoms with Gasteiger partial charge in [0.2, 0.25) is 5.91 Å². The molecule has 9 nitrogen and oxygen atoms in total. The molecule has 0 aliphatic rings. The molecule has 2 amide bonds. The highest BCUT2D eigenvalue weighted by molar-refractivity contribution is 6.00. The SMILES string of the molecule is CC(C)C[C@H](NC(=O)CNC(=O)c1ccccc1[N+](=O)[O-])C(=O)O. The summed E-state index contributed by atoms with van der Waals surface area (Å²) in [6, 6.07) is 4.28. The molecule has 0 fully saturated rings. The lowest BCUT2D eigenvalue weighted by atomic mass is 10.0. The van der Waals surface area contributed by atoms with Gasteiger partial charge in [0.15, 0.2) is 0 Å². The molecule has 0 saturated heterocycles. The Morgan fingerprint density at radius 3 is 2.42 bits per heavy atom. The van der Waals surface area contributed by atoms with E-state index in [4.69, 9.17) is 5.11 Å². The number of rotatable bonds is 8. The highest BCUT2D eigenvalue weighted by Crippen LogP contribution is 2.17. The smallest absolute Gasteiger partial charge is 0.326 e. The highest BCUT2D eigenvalue weighted by Gasteiger charge is 2.23. The minimum atomic E-state index is -1.16. The van der Waals surface area contributed by atoms with Crippen LogP contribution in [0.25, 0.3) is 0 Å². The van der Waals surface area contributed by atoms with E-state index in [2.05, 4.69) is 10.6 Å². The van der Waals surface area contributed by atoms with Gasteiger partial charge >= 0.3 is 5.97 Å². The summed E-state index contributed by atoms with van der Waals surface area (Å²) in [5.41, 5.74) is -0.550. The molecule has 0 unspecified atom stereocenters. The molecule has 130 valence electrons. The first-order chi connectivity index (χ1) is 11.2. The Balaban J connectivity index is 2.65. The number of nitro groups is 1. The first kappa shape index (κ1) is 19.1. The summed E-state index contributed by atoms with van der Waals surface area (Å²) in [4.78, 5) is 45.0. The zero-order valence-corrected chi connectivity index (χ0v) is 13.3. The predicted molar refractivity (Wildman–Crippen MR) is 84.5 cm³/mol. The lowest BCUT2D eigenvalue weighted by Gasteiger charge is -2.16. The molecule has 0 spiro atoms. The van der Waals surface area contributed by atoms with Gasteiger partial charge in [-0.1, -0.05) is 26.0 Å². The molecule has 0 aliphatic heterocycles. The number of carboxylic acids is 1. The lowest BCUT2D eigenvalue weighted by molar-refractivity contribution is -0.385. The number of carbonyl (C=O) groups is 3. The van der Waals surface area contributed by atoms with Crippen LogP contribution < -0.4 is 10.6 Å². The van der Waals surface area contributed by atoms with Crippen LogP contribution in [0.4, 0.5) is 5.69 Å². The number of benzene rings is 1. The van der Waals surface area contributed by atoms with E-state index in [1.807, 2.05) is 13.8 Å². The van der Waals surface area contributed by atoms with Crippen molar-refractivity contribution in [1.82, 2.24) is 10.6 Å². The number of nitrogens with one attached hydrogen (secondary N) is 2. The Morgan fingerprint density at radius 1 is 1.25 bits per heavy atom. The number of nitrogens with zero attached hydrogens (tertiary/aromatic N) is 1. The van der Waals surface area contributed by atoms with Gasteiger partial charge in [-0.15, -0.1) is 0 Å². The molecule has 9 heteroatoms. The molecule has 0 radical (unpaired) electrons. The van der Waals surface area contributed by atoms with E-state index in [9.17, 15) is 24.5 Å². The summed E-state index contributed by atoms with van der Waals surface area (Å²) in [6.45, 7) is 3.16. The van der Waals surface area contributed by atoms with Crippen molar-refractivity contribution in [3.8, 4) is 0 Å². The van der Waals surface area contributed by atoms with Crippen molar-refractivity contribution < 1.29 is 24.4 Å². The third kappa shape index (κ3) is 5.67. The standard InChI is InChI=1S/C15H19N3O6/c1-9(2)7-11(15(21)22)17-13(19)8-16-14(20)10-5-3-4-6-12(10)18(23)24/h3-6,9,11H,7-8H2,1-2H3,(H,16,20)(H,17,19)(H,21,22)/t11-/m0/s1. The number of carbonyl (C=O) groups excluding carboxylic acids is 2. The zero-order chi connectivity index (χ0) is 18.3. The van der Waals surface area contributed by atoms with Crippen LogP contribution >= 0.6 is 0 Å². The van der Waals surface area contributed by atoms with Crippen LogP contribution in [0, 0.1) is 16.0 Å². The van der Waals surface area contributed by atoms with Crippen LogP contribution in [0.5, 0.6) is 0 Å². The minimum absolute atomic E-state index is 0.0629. The van der Waals surface area contributed by atoms with Gasteiger partial charge in [0.1, 0.15) is 11.6 Å². The number of hydrogen-bond acceptors (Lipinski definition) is 5. The van der Waals surface area contributed by atoms with E-state index in [-0.39, 0.29) is 23.6 Å². The Labute approximate surface area is 138 Å². The zero-order valence-electron chi connectivity index (χ0n) is 13.3. The number of para-hydroxylation sites is 1. The molecule has 0 bridgehead atoms. The number of aliphatic carboxylic acids is 1. The molecule has 0 saturated carbocycles. The minimum Gasteiger partial charge on any atom is -0.480 e. The van der Waals surface area contributed by atoms with Gasteiger partial charge in [0.25, 0.3) is 11.6 Å². The van der Waals surface area contributed by atoms with E-state index in [1.165, 1.54) is 24.3 Å². The summed E-state index contributed by atoms with van der Waals surface area (Å²) >= 11 is 0. The topological polar surface area (TPSA) is 139 Å². The van der Waals surface area contributed by atoms with E-state index < -0.39 is 35.3 Å². The van der Waals surface area contributed by atoms with Gasteiger partial charge < -0.3 is 15.7 Å². The van der Waals surface area contributed by atoms with E-state index in [1.54, 1.807) is 0 Å². The van der Waals surface area contributed by atoms with Gasteiger partial charge in [-0.3, -0.25) is 19.7 Å². The molecule has 0 aromatic heterocycles. The van der Waals surface area contributed by atoms with Crippen molar-refractivity contribution in [2.75, 3.05) is 6.54 Å². The lowest BCUT2D eigenvalue weighted by Crippen LogP contribution is -2.46. The number of carboxylic acid groups (broad SMARTS) is 1. The second kappa shape index (κ2) is 8.61. The fourth-order valence-electron chi connectivity index (χ4n) is 2.02. The Morgan fingerprint density at radius 2 is 1.88 bits per heavy atom. The third-order valence-electron chi connectivity index (χ3n) is 3.10. The van der Waals surface area contributed by atoms with Crippen molar-refractivity contribution >= 4 is 23.5 Å². The fraction of sp³-hybridized carbons (Fsp3) is 0.400. The van der Waals surface area contributed by atoms with E-state index >= 15 is 0 Å². The molecular formula is C15H19N3O6. The number of hydrogen-bond donors (Lipinski definition) is 3. The van der Waals surface area contributed by atoms with Crippen molar-refractivity contribution in [3.63, 3.8) is 0 Å². The molecule has 1 aromatic carbocycles. The Hall–Kier alpha value is -2.97. The largest absolute Gasteiger partial charge is 0.480 e. The van der Waals surface area contributed by atoms with Crippen LogP contribution in [0.1, 0.15) is 30.6 Å². The van der Waals surface area contributed by atoms with Gasteiger partial charge in [-0.05, 0) is 18.4 Å². The van der Waals surface area contributed by atoms with Crippen molar-refractivity contribution in [2.24, 2.45) is 5.92 Å². The first-order valence-electron chi connectivity index (χ1n) is 7.26. The molecule has 0 aliphatic carbocycles. The predicted octanol–water partition coefficient (Wildman–Crippen LogP) is 0.940. The summed E-state index contributed by atoms with van der Waals surface area (Å²) < 4.78 is 0. The molecule has 3 N–H and O–H groups in total. The van der Waals surface area contributed by atoms with Crippen LogP contribution in [0.2, 0.25) is 0 Å². The summed E-state index contributed by atoms with van der Waals surface area (Å²) in [5, 5.41) is 24.5. The van der Waals surface area contributed by atoms with E-state index in [0.717, 1.165) is 0 Å². The summed E-state index contributed by atoms with van der Waals surface area (Å²) in [6.07, 6.45) is 0.249. The second-order valence-corrected chi connectivity index (χ2v) is 5.54. The van der Waals surface area contributed by atoms with Gasteiger partial charge in [0, 0.05) is 6.07 Å². The van der Waals surface area contributed by atoms with Crippen molar-refractivity contribution in [2.45, 2.75) is 26.3 Å². The Bertz CT molecular complexity index is 644. The van der Waals surface area contributed by atoms with Crippen molar-refractivity contribution in [1.29, 1.82) is 0 Å². The van der Waals surface area contributed by atoms with Gasteiger partial charge in [-0.2, -0.15) is 0 Å². The van der Waals surface area contributed by atoms with Crippen LogP contribution in [-0.4, -0.2) is 40.4 Å². The first-order valence-corrected chi connectivity index (χ1v) is 7.26. The van der Waals surface area contributed by atoms with Crippen molar-refractivity contribution in [3.05, 3.63) is 39.9 Å². The van der Waals surface area contributed by atoms with Crippen LogP contribution in [0.15, 0.2) is 24.3 Å². The van der Waals surface area contributed by atoms with E-state index in [0.29, 0.717) is 0 Å².